The Balaban J connectivity index is 2.82. The van der Waals surface area contributed by atoms with Crippen LogP contribution < -0.4 is 4.72 Å². The summed E-state index contributed by atoms with van der Waals surface area (Å²) in [5, 5.41) is 0. The second-order valence-electron chi connectivity index (χ2n) is 3.91. The molecule has 0 aliphatic rings. The number of esters is 1. The predicted octanol–water partition coefficient (Wildman–Crippen LogP) is 1.22. The van der Waals surface area contributed by atoms with Gasteiger partial charge in [0.15, 0.2) is 0 Å². The second kappa shape index (κ2) is 5.97. The fraction of sp³-hybridized carbons (Fsp3) is 0.417. The zero-order valence-corrected chi connectivity index (χ0v) is 11.5. The Hall–Kier alpha value is -1.40. The van der Waals surface area contributed by atoms with Crippen molar-refractivity contribution in [1.82, 2.24) is 4.72 Å². The van der Waals surface area contributed by atoms with Gasteiger partial charge in [-0.3, -0.25) is 4.79 Å². The molecule has 1 atom stereocenters. The number of carbonyl (C=O) groups is 1. The van der Waals surface area contributed by atoms with Gasteiger partial charge < -0.3 is 4.74 Å². The summed E-state index contributed by atoms with van der Waals surface area (Å²) in [5.41, 5.74) is 0.965. The van der Waals surface area contributed by atoms with Crippen LogP contribution in [-0.2, 0) is 19.6 Å². The first kappa shape index (κ1) is 14.7. The van der Waals surface area contributed by atoms with E-state index in [4.69, 9.17) is 4.74 Å². The third kappa shape index (κ3) is 3.82. The maximum Gasteiger partial charge on any atom is 0.323 e. The van der Waals surface area contributed by atoms with Crippen molar-refractivity contribution in [3.05, 3.63) is 29.8 Å². The third-order valence-corrected chi connectivity index (χ3v) is 3.86. The molecule has 0 saturated heterocycles. The lowest BCUT2D eigenvalue weighted by Gasteiger charge is -2.13. The zero-order chi connectivity index (χ0) is 13.8. The van der Waals surface area contributed by atoms with Crippen molar-refractivity contribution in [3.8, 4) is 0 Å². The number of hydrogen-bond donors (Lipinski definition) is 1. The van der Waals surface area contributed by atoms with Crippen molar-refractivity contribution in [2.45, 2.75) is 31.7 Å². The molecule has 5 nitrogen and oxygen atoms in total. The number of nitrogens with one attached hydrogen (secondary N) is 1. The SMILES string of the molecule is CCOC(=O)C(C)NS(=O)(=O)c1ccc(C)cc1. The van der Waals surface area contributed by atoms with Crippen LogP contribution in [0.3, 0.4) is 0 Å². The summed E-state index contributed by atoms with van der Waals surface area (Å²) >= 11 is 0. The van der Waals surface area contributed by atoms with Gasteiger partial charge in [-0.15, -0.1) is 0 Å². The van der Waals surface area contributed by atoms with Crippen LogP contribution in [0.15, 0.2) is 29.2 Å². The first-order valence-electron chi connectivity index (χ1n) is 5.62. The van der Waals surface area contributed by atoms with Crippen LogP contribution in [0.2, 0.25) is 0 Å². The Bertz CT molecular complexity index is 507. The maximum atomic E-state index is 11.9. The summed E-state index contributed by atoms with van der Waals surface area (Å²) in [6.45, 7) is 5.20. The van der Waals surface area contributed by atoms with E-state index in [-0.39, 0.29) is 11.5 Å². The summed E-state index contributed by atoms with van der Waals surface area (Å²) in [4.78, 5) is 11.5. The quantitative estimate of drug-likeness (QED) is 0.817. The summed E-state index contributed by atoms with van der Waals surface area (Å²) in [7, 11) is -3.69. The van der Waals surface area contributed by atoms with Gasteiger partial charge in [0.05, 0.1) is 11.5 Å². The van der Waals surface area contributed by atoms with Crippen LogP contribution in [0.1, 0.15) is 19.4 Å². The molecular weight excluding hydrogens is 254 g/mol. The number of benzene rings is 1. The van der Waals surface area contributed by atoms with E-state index < -0.39 is 22.0 Å². The minimum atomic E-state index is -3.69. The number of aryl methyl sites for hydroxylation is 1. The van der Waals surface area contributed by atoms with Crippen molar-refractivity contribution < 1.29 is 17.9 Å². The molecule has 1 unspecified atom stereocenters. The molecule has 0 spiro atoms. The standard InChI is InChI=1S/C12H17NO4S/c1-4-17-12(14)10(3)13-18(15,16)11-7-5-9(2)6-8-11/h5-8,10,13H,4H2,1-3H3. The molecule has 0 radical (unpaired) electrons. The Morgan fingerprint density at radius 1 is 1.33 bits per heavy atom. The highest BCUT2D eigenvalue weighted by Gasteiger charge is 2.22. The van der Waals surface area contributed by atoms with Crippen LogP contribution in [-0.4, -0.2) is 27.0 Å². The highest BCUT2D eigenvalue weighted by molar-refractivity contribution is 7.89. The van der Waals surface area contributed by atoms with Crippen molar-refractivity contribution in [2.75, 3.05) is 6.61 Å². The average molecular weight is 271 g/mol. The highest BCUT2D eigenvalue weighted by atomic mass is 32.2. The van der Waals surface area contributed by atoms with E-state index in [1.165, 1.54) is 19.1 Å². The largest absolute Gasteiger partial charge is 0.465 e. The van der Waals surface area contributed by atoms with E-state index in [1.54, 1.807) is 19.1 Å². The Kier molecular flexibility index (Phi) is 4.86. The average Bonchev–Trinajstić information content (AvgIpc) is 2.29. The Morgan fingerprint density at radius 2 is 1.89 bits per heavy atom. The van der Waals surface area contributed by atoms with Gasteiger partial charge in [-0.25, -0.2) is 8.42 Å². The Morgan fingerprint density at radius 3 is 2.39 bits per heavy atom. The van der Waals surface area contributed by atoms with Gasteiger partial charge in [-0.1, -0.05) is 17.7 Å². The molecule has 0 heterocycles. The molecule has 1 aromatic carbocycles. The minimum Gasteiger partial charge on any atom is -0.465 e. The normalized spacial score (nSPS) is 13.1. The lowest BCUT2D eigenvalue weighted by Crippen LogP contribution is -2.39. The molecule has 0 aliphatic heterocycles. The number of carbonyl (C=O) groups excluding carboxylic acids is 1. The number of ether oxygens (including phenoxy) is 1. The van der Waals surface area contributed by atoms with Gasteiger partial charge in [0.1, 0.15) is 6.04 Å². The smallest absolute Gasteiger partial charge is 0.323 e. The summed E-state index contributed by atoms with van der Waals surface area (Å²) in [6, 6.07) is 5.48. The van der Waals surface area contributed by atoms with Crippen molar-refractivity contribution in [1.29, 1.82) is 0 Å². The van der Waals surface area contributed by atoms with Gasteiger partial charge in [-0.2, -0.15) is 4.72 Å². The summed E-state index contributed by atoms with van der Waals surface area (Å²) in [6.07, 6.45) is 0. The zero-order valence-electron chi connectivity index (χ0n) is 10.6. The van der Waals surface area contributed by atoms with Gasteiger partial charge in [0.25, 0.3) is 0 Å². The summed E-state index contributed by atoms with van der Waals surface area (Å²) < 4.78 is 30.9. The molecule has 1 N–H and O–H groups in total. The van der Waals surface area contributed by atoms with Crippen molar-refractivity contribution >= 4 is 16.0 Å². The molecule has 0 aromatic heterocycles. The molecule has 0 fully saturated rings. The van der Waals surface area contributed by atoms with Crippen molar-refractivity contribution in [2.24, 2.45) is 0 Å². The Labute approximate surface area is 107 Å². The first-order chi connectivity index (χ1) is 8.36. The maximum absolute atomic E-state index is 11.9. The van der Waals surface area contributed by atoms with Crippen LogP contribution in [0.4, 0.5) is 0 Å². The molecular formula is C12H17NO4S. The van der Waals surface area contributed by atoms with Gasteiger partial charge in [0, 0.05) is 0 Å². The minimum absolute atomic E-state index is 0.129. The molecule has 0 aliphatic carbocycles. The van der Waals surface area contributed by atoms with Crippen LogP contribution >= 0.6 is 0 Å². The molecule has 0 bridgehead atoms. The van der Waals surface area contributed by atoms with Crippen LogP contribution in [0.5, 0.6) is 0 Å². The van der Waals surface area contributed by atoms with Gasteiger partial charge in [-0.05, 0) is 32.9 Å². The fourth-order valence-corrected chi connectivity index (χ4v) is 2.53. The summed E-state index contributed by atoms with van der Waals surface area (Å²) in [5.74, 6) is -0.590. The van der Waals surface area contributed by atoms with Gasteiger partial charge in [0.2, 0.25) is 10.0 Å². The molecule has 1 rings (SSSR count). The lowest BCUT2D eigenvalue weighted by molar-refractivity contribution is -0.144. The van der Waals surface area contributed by atoms with E-state index in [0.29, 0.717) is 0 Å². The van der Waals surface area contributed by atoms with Crippen molar-refractivity contribution in [3.63, 3.8) is 0 Å². The lowest BCUT2D eigenvalue weighted by atomic mass is 10.2. The molecule has 6 heteroatoms. The first-order valence-corrected chi connectivity index (χ1v) is 7.10. The second-order valence-corrected chi connectivity index (χ2v) is 5.62. The topological polar surface area (TPSA) is 72.5 Å². The highest BCUT2D eigenvalue weighted by Crippen LogP contribution is 2.10. The fourth-order valence-electron chi connectivity index (χ4n) is 1.33. The van der Waals surface area contributed by atoms with Crippen LogP contribution in [0.25, 0.3) is 0 Å². The predicted molar refractivity (Wildman–Crippen MR) is 67.6 cm³/mol. The van der Waals surface area contributed by atoms with E-state index in [1.807, 2.05) is 6.92 Å². The molecule has 100 valence electrons. The molecule has 0 saturated carbocycles. The van der Waals surface area contributed by atoms with E-state index >= 15 is 0 Å². The number of sulfonamides is 1. The van der Waals surface area contributed by atoms with E-state index in [9.17, 15) is 13.2 Å². The molecule has 0 amide bonds. The van der Waals surface area contributed by atoms with Gasteiger partial charge >= 0.3 is 5.97 Å². The van der Waals surface area contributed by atoms with E-state index in [0.717, 1.165) is 5.56 Å². The monoisotopic (exact) mass is 271 g/mol. The molecule has 1 aromatic rings. The van der Waals surface area contributed by atoms with Crippen LogP contribution in [0, 0.1) is 6.92 Å². The third-order valence-electron chi connectivity index (χ3n) is 2.30. The number of rotatable bonds is 5. The van der Waals surface area contributed by atoms with E-state index in [2.05, 4.69) is 4.72 Å². The number of hydrogen-bond acceptors (Lipinski definition) is 4. The molecule has 18 heavy (non-hydrogen) atoms.